The van der Waals surface area contributed by atoms with Gasteiger partial charge in [-0.05, 0) is 42.7 Å². The first kappa shape index (κ1) is 17.2. The molecular formula is C16H27NO2S. The summed E-state index contributed by atoms with van der Waals surface area (Å²) in [7, 11) is 3.43. The maximum atomic E-state index is 6.05. The number of unbranched alkanes of at least 4 members (excludes halogenated alkanes) is 1. The van der Waals surface area contributed by atoms with Crippen LogP contribution in [0, 0.1) is 0 Å². The van der Waals surface area contributed by atoms with Crippen molar-refractivity contribution in [3.63, 3.8) is 0 Å². The van der Waals surface area contributed by atoms with Crippen molar-refractivity contribution in [2.75, 3.05) is 20.0 Å². The van der Waals surface area contributed by atoms with Crippen molar-refractivity contribution in [3.8, 4) is 11.5 Å². The van der Waals surface area contributed by atoms with Gasteiger partial charge in [-0.2, -0.15) is 0 Å². The molecule has 0 saturated carbocycles. The van der Waals surface area contributed by atoms with Gasteiger partial charge in [0, 0.05) is 6.04 Å². The van der Waals surface area contributed by atoms with Gasteiger partial charge in [0.15, 0.2) is 0 Å². The fourth-order valence-electron chi connectivity index (χ4n) is 1.96. The van der Waals surface area contributed by atoms with E-state index in [4.69, 9.17) is 15.2 Å². The van der Waals surface area contributed by atoms with Gasteiger partial charge in [-0.3, -0.25) is 0 Å². The van der Waals surface area contributed by atoms with Crippen molar-refractivity contribution in [1.82, 2.24) is 0 Å². The average Bonchev–Trinajstić information content (AvgIpc) is 2.47. The van der Waals surface area contributed by atoms with Crippen LogP contribution in [0.1, 0.15) is 38.7 Å². The van der Waals surface area contributed by atoms with Crippen LogP contribution in [-0.4, -0.2) is 26.0 Å². The molecule has 20 heavy (non-hydrogen) atoms. The second-order valence-electron chi connectivity index (χ2n) is 4.89. The monoisotopic (exact) mass is 297 g/mol. The summed E-state index contributed by atoms with van der Waals surface area (Å²) >= 11 is 1.82. The number of ether oxygens (including phenoxy) is 2. The molecule has 0 aliphatic rings. The first-order valence-corrected chi connectivity index (χ1v) is 8.28. The van der Waals surface area contributed by atoms with Gasteiger partial charge in [0.05, 0.1) is 19.1 Å². The predicted molar refractivity (Wildman–Crippen MR) is 87.1 cm³/mol. The van der Waals surface area contributed by atoms with Gasteiger partial charge in [-0.25, -0.2) is 0 Å². The second kappa shape index (κ2) is 9.14. The third-order valence-electron chi connectivity index (χ3n) is 3.33. The van der Waals surface area contributed by atoms with Crippen molar-refractivity contribution in [3.05, 3.63) is 17.7 Å². The van der Waals surface area contributed by atoms with Gasteiger partial charge in [0.1, 0.15) is 11.5 Å². The number of methoxy groups -OCH3 is 2. The summed E-state index contributed by atoms with van der Waals surface area (Å²) in [5, 5.41) is 0. The van der Waals surface area contributed by atoms with Crippen molar-refractivity contribution in [1.29, 1.82) is 0 Å². The molecule has 1 aromatic carbocycles. The molecule has 0 spiro atoms. The zero-order valence-electron chi connectivity index (χ0n) is 13.1. The van der Waals surface area contributed by atoms with E-state index in [2.05, 4.69) is 26.0 Å². The van der Waals surface area contributed by atoms with Gasteiger partial charge < -0.3 is 15.2 Å². The summed E-state index contributed by atoms with van der Waals surface area (Å²) < 4.78 is 11.0. The molecule has 1 rings (SSSR count). The van der Waals surface area contributed by atoms with E-state index < -0.39 is 0 Å². The first-order chi connectivity index (χ1) is 9.65. The quantitative estimate of drug-likeness (QED) is 0.555. The summed E-state index contributed by atoms with van der Waals surface area (Å²) in [5.74, 6) is 2.93. The summed E-state index contributed by atoms with van der Waals surface area (Å²) in [6.07, 6.45) is 4.18. The molecule has 0 aliphatic carbocycles. The van der Waals surface area contributed by atoms with E-state index in [1.165, 1.54) is 12.8 Å². The summed E-state index contributed by atoms with van der Waals surface area (Å²) in [4.78, 5) is 1.15. The van der Waals surface area contributed by atoms with Gasteiger partial charge in [-0.15, -0.1) is 11.8 Å². The van der Waals surface area contributed by atoms with Crippen LogP contribution in [0.3, 0.4) is 0 Å². The maximum Gasteiger partial charge on any atom is 0.132 e. The Hall–Kier alpha value is -0.870. The number of benzene rings is 1. The molecule has 1 aromatic rings. The highest BCUT2D eigenvalue weighted by Crippen LogP contribution is 2.36. The molecule has 2 N–H and O–H groups in total. The lowest BCUT2D eigenvalue weighted by Gasteiger charge is -2.16. The van der Waals surface area contributed by atoms with Crippen LogP contribution in [0.15, 0.2) is 17.0 Å². The Kier molecular flexibility index (Phi) is 7.85. The highest BCUT2D eigenvalue weighted by Gasteiger charge is 2.13. The zero-order chi connectivity index (χ0) is 15.0. The molecule has 0 amide bonds. The molecule has 0 radical (unpaired) electrons. The van der Waals surface area contributed by atoms with Crippen LogP contribution < -0.4 is 15.2 Å². The predicted octanol–water partition coefficient (Wildman–Crippen LogP) is 3.88. The van der Waals surface area contributed by atoms with E-state index in [0.29, 0.717) is 0 Å². The lowest BCUT2D eigenvalue weighted by molar-refractivity contribution is 0.389. The average molecular weight is 297 g/mol. The van der Waals surface area contributed by atoms with Crippen LogP contribution in [0.4, 0.5) is 0 Å². The summed E-state index contributed by atoms with van der Waals surface area (Å²) in [5.41, 5.74) is 7.18. The highest BCUT2D eigenvalue weighted by molar-refractivity contribution is 7.99. The third kappa shape index (κ3) is 4.91. The Morgan fingerprint density at radius 1 is 1.15 bits per heavy atom. The number of hydrogen-bond donors (Lipinski definition) is 1. The summed E-state index contributed by atoms with van der Waals surface area (Å²) in [6.45, 7) is 4.30. The smallest absolute Gasteiger partial charge is 0.132 e. The van der Waals surface area contributed by atoms with Crippen molar-refractivity contribution < 1.29 is 9.47 Å². The molecule has 1 atom stereocenters. The standard InChI is InChI=1S/C16H27NO2S/c1-5-7-8-20-16-11-14(18-3)12(9-13(17)6-2)10-15(16)19-4/h10-11,13H,5-9,17H2,1-4H3. The maximum absolute atomic E-state index is 6.05. The molecule has 0 saturated heterocycles. The fraction of sp³-hybridized carbons (Fsp3) is 0.625. The van der Waals surface area contributed by atoms with Gasteiger partial charge >= 0.3 is 0 Å². The minimum absolute atomic E-state index is 0.159. The van der Waals surface area contributed by atoms with Crippen molar-refractivity contribution in [2.24, 2.45) is 5.73 Å². The molecule has 0 aliphatic heterocycles. The van der Waals surface area contributed by atoms with Crippen molar-refractivity contribution in [2.45, 2.75) is 50.5 Å². The van der Waals surface area contributed by atoms with E-state index in [-0.39, 0.29) is 6.04 Å². The largest absolute Gasteiger partial charge is 0.496 e. The third-order valence-corrected chi connectivity index (χ3v) is 4.45. The number of rotatable bonds is 9. The van der Waals surface area contributed by atoms with Crippen LogP contribution in [0.25, 0.3) is 0 Å². The zero-order valence-corrected chi connectivity index (χ0v) is 13.9. The van der Waals surface area contributed by atoms with Crippen LogP contribution in [-0.2, 0) is 6.42 Å². The Bertz CT molecular complexity index is 410. The molecule has 0 aromatic heterocycles. The van der Waals surface area contributed by atoms with Gasteiger partial charge in [-0.1, -0.05) is 20.3 Å². The van der Waals surface area contributed by atoms with E-state index in [0.717, 1.165) is 40.6 Å². The fourth-order valence-corrected chi connectivity index (χ4v) is 3.09. The summed E-state index contributed by atoms with van der Waals surface area (Å²) in [6, 6.07) is 4.31. The minimum Gasteiger partial charge on any atom is -0.496 e. The van der Waals surface area contributed by atoms with E-state index in [1.54, 1.807) is 14.2 Å². The Labute approximate surface area is 127 Å². The van der Waals surface area contributed by atoms with Crippen LogP contribution >= 0.6 is 11.8 Å². The molecule has 4 heteroatoms. The van der Waals surface area contributed by atoms with E-state index >= 15 is 0 Å². The lowest BCUT2D eigenvalue weighted by Crippen LogP contribution is -2.21. The number of nitrogens with two attached hydrogens (primary N) is 1. The Morgan fingerprint density at radius 2 is 1.85 bits per heavy atom. The first-order valence-electron chi connectivity index (χ1n) is 7.29. The molecule has 0 bridgehead atoms. The van der Waals surface area contributed by atoms with Crippen LogP contribution in [0.5, 0.6) is 11.5 Å². The van der Waals surface area contributed by atoms with Gasteiger partial charge in [0.2, 0.25) is 0 Å². The second-order valence-corrected chi connectivity index (χ2v) is 6.03. The Morgan fingerprint density at radius 3 is 2.40 bits per heavy atom. The van der Waals surface area contributed by atoms with E-state index in [9.17, 15) is 0 Å². The van der Waals surface area contributed by atoms with Crippen LogP contribution in [0.2, 0.25) is 0 Å². The van der Waals surface area contributed by atoms with Gasteiger partial charge in [0.25, 0.3) is 0 Å². The Balaban J connectivity index is 2.97. The lowest BCUT2D eigenvalue weighted by atomic mass is 10.0. The minimum atomic E-state index is 0.159. The number of thioether (sulfide) groups is 1. The van der Waals surface area contributed by atoms with Crippen molar-refractivity contribution >= 4 is 11.8 Å². The topological polar surface area (TPSA) is 44.5 Å². The molecule has 0 fully saturated rings. The molecule has 0 heterocycles. The normalized spacial score (nSPS) is 12.2. The molecule has 114 valence electrons. The SMILES string of the molecule is CCCCSc1cc(OC)c(CC(N)CC)cc1OC. The highest BCUT2D eigenvalue weighted by atomic mass is 32.2. The molecule has 3 nitrogen and oxygen atoms in total. The molecular weight excluding hydrogens is 270 g/mol. The van der Waals surface area contributed by atoms with E-state index in [1.807, 2.05) is 11.8 Å². The molecule has 1 unspecified atom stereocenters. The number of hydrogen-bond acceptors (Lipinski definition) is 4.